The zero-order valence-electron chi connectivity index (χ0n) is 12.0. The van der Waals surface area contributed by atoms with Crippen molar-refractivity contribution >= 4 is 5.82 Å². The van der Waals surface area contributed by atoms with E-state index in [9.17, 15) is 5.11 Å². The Bertz CT molecular complexity index is 410. The maximum absolute atomic E-state index is 9.88. The van der Waals surface area contributed by atoms with E-state index in [4.69, 9.17) is 0 Å². The molecule has 1 aromatic rings. The molecule has 2 atom stereocenters. The Morgan fingerprint density at radius 3 is 3.00 bits per heavy atom. The van der Waals surface area contributed by atoms with Crippen molar-refractivity contribution in [1.29, 1.82) is 0 Å². The number of aliphatic hydroxyl groups excluding tert-OH is 1. The van der Waals surface area contributed by atoms with Gasteiger partial charge in [-0.3, -0.25) is 4.90 Å². The number of pyridine rings is 1. The van der Waals surface area contributed by atoms with Crippen molar-refractivity contribution in [3.05, 3.63) is 23.9 Å². The molecule has 1 aromatic heterocycles. The molecule has 0 spiro atoms. The predicted octanol–water partition coefficient (Wildman–Crippen LogP) is 0.620. The summed E-state index contributed by atoms with van der Waals surface area (Å²) >= 11 is 0. The molecule has 0 radical (unpaired) electrons. The Morgan fingerprint density at radius 1 is 1.53 bits per heavy atom. The van der Waals surface area contributed by atoms with E-state index in [0.29, 0.717) is 6.04 Å². The summed E-state index contributed by atoms with van der Waals surface area (Å²) in [6, 6.07) is 4.53. The van der Waals surface area contributed by atoms with Crippen molar-refractivity contribution in [3.8, 4) is 0 Å². The number of β-amino-alcohol motifs (C(OH)–C–C–N with tert-alkyl or cyclic N) is 1. The first kappa shape index (κ1) is 14.2. The quantitative estimate of drug-likeness (QED) is 0.816. The summed E-state index contributed by atoms with van der Waals surface area (Å²) in [7, 11) is 6.03. The van der Waals surface area contributed by atoms with Gasteiger partial charge in [-0.05, 0) is 38.2 Å². The molecule has 1 fully saturated rings. The van der Waals surface area contributed by atoms with Crippen molar-refractivity contribution in [2.45, 2.75) is 25.1 Å². The van der Waals surface area contributed by atoms with Gasteiger partial charge in [-0.2, -0.15) is 0 Å². The van der Waals surface area contributed by atoms with Crippen LogP contribution in [0.1, 0.15) is 12.0 Å². The third-order valence-corrected chi connectivity index (χ3v) is 3.55. The number of nitrogens with zero attached hydrogens (tertiary/aromatic N) is 3. The molecule has 106 valence electrons. The molecule has 0 amide bonds. The van der Waals surface area contributed by atoms with Crippen LogP contribution in [0.2, 0.25) is 0 Å². The molecule has 5 nitrogen and oxygen atoms in total. The molecule has 2 heterocycles. The summed E-state index contributed by atoms with van der Waals surface area (Å²) < 4.78 is 0. The lowest BCUT2D eigenvalue weighted by Gasteiger charge is -2.26. The summed E-state index contributed by atoms with van der Waals surface area (Å²) in [6.07, 6.45) is 2.49. The Labute approximate surface area is 115 Å². The molecular formula is C14H24N4O. The Kier molecular flexibility index (Phi) is 4.74. The second kappa shape index (κ2) is 6.32. The number of nitrogens with one attached hydrogen (secondary N) is 1. The fraction of sp³-hybridized carbons (Fsp3) is 0.643. The molecule has 2 N–H and O–H groups in total. The van der Waals surface area contributed by atoms with E-state index in [1.54, 1.807) is 0 Å². The predicted molar refractivity (Wildman–Crippen MR) is 77.2 cm³/mol. The number of hydrogen-bond donors (Lipinski definition) is 2. The van der Waals surface area contributed by atoms with Crippen LogP contribution in [-0.4, -0.2) is 66.3 Å². The largest absolute Gasteiger partial charge is 0.392 e. The van der Waals surface area contributed by atoms with E-state index in [2.05, 4.69) is 40.3 Å². The maximum atomic E-state index is 9.88. The lowest BCUT2D eigenvalue weighted by Crippen LogP contribution is -2.37. The van der Waals surface area contributed by atoms with Gasteiger partial charge in [0.25, 0.3) is 0 Å². The Morgan fingerprint density at radius 2 is 2.32 bits per heavy atom. The number of aliphatic hydroxyl groups is 1. The lowest BCUT2D eigenvalue weighted by molar-refractivity contribution is 0.169. The van der Waals surface area contributed by atoms with Crippen LogP contribution in [0.25, 0.3) is 0 Å². The zero-order chi connectivity index (χ0) is 13.8. The first-order valence-electron chi connectivity index (χ1n) is 6.78. The van der Waals surface area contributed by atoms with E-state index < -0.39 is 0 Å². The number of rotatable bonds is 5. The molecule has 2 unspecified atom stereocenters. The monoisotopic (exact) mass is 264 g/mol. The van der Waals surface area contributed by atoms with E-state index in [-0.39, 0.29) is 6.10 Å². The molecule has 1 aliphatic rings. The van der Waals surface area contributed by atoms with Crippen LogP contribution in [0.4, 0.5) is 5.82 Å². The van der Waals surface area contributed by atoms with Gasteiger partial charge in [0.15, 0.2) is 0 Å². The summed E-state index contributed by atoms with van der Waals surface area (Å²) in [4.78, 5) is 8.77. The third kappa shape index (κ3) is 3.89. The van der Waals surface area contributed by atoms with Crippen LogP contribution in [0, 0.1) is 0 Å². The topological polar surface area (TPSA) is 51.6 Å². The van der Waals surface area contributed by atoms with Gasteiger partial charge in [-0.25, -0.2) is 4.98 Å². The van der Waals surface area contributed by atoms with Crippen molar-refractivity contribution in [1.82, 2.24) is 14.8 Å². The average Bonchev–Trinajstić information content (AvgIpc) is 2.69. The minimum atomic E-state index is -0.199. The molecule has 5 heteroatoms. The highest BCUT2D eigenvalue weighted by atomic mass is 16.3. The number of likely N-dealkylation sites (N-methyl/N-ethyl adjacent to an activating group) is 1. The van der Waals surface area contributed by atoms with Gasteiger partial charge in [0.1, 0.15) is 5.82 Å². The van der Waals surface area contributed by atoms with Crippen molar-refractivity contribution < 1.29 is 5.11 Å². The minimum absolute atomic E-state index is 0.199. The number of hydrogen-bond acceptors (Lipinski definition) is 5. The van der Waals surface area contributed by atoms with E-state index >= 15 is 0 Å². The summed E-state index contributed by atoms with van der Waals surface area (Å²) in [5.41, 5.74) is 1.23. The molecule has 19 heavy (non-hydrogen) atoms. The first-order chi connectivity index (χ1) is 9.08. The highest BCUT2D eigenvalue weighted by Crippen LogP contribution is 2.21. The lowest BCUT2D eigenvalue weighted by atomic mass is 10.2. The number of aromatic nitrogens is 1. The normalized spacial score (nSPS) is 24.1. The standard InChI is InChI=1S/C14H24N4O/c1-15-14-6-11(4-5-16-14)8-18-10-13(19)7-12(18)9-17(2)3/h4-6,12-13,19H,7-10H2,1-3H3,(H,15,16). The average molecular weight is 264 g/mol. The van der Waals surface area contributed by atoms with Gasteiger partial charge in [0.05, 0.1) is 6.10 Å². The molecule has 0 aromatic carbocycles. The van der Waals surface area contributed by atoms with Gasteiger partial charge in [-0.15, -0.1) is 0 Å². The SMILES string of the molecule is CNc1cc(CN2CC(O)CC2CN(C)C)ccn1. The van der Waals surface area contributed by atoms with Gasteiger partial charge in [0, 0.05) is 38.9 Å². The fourth-order valence-electron chi connectivity index (χ4n) is 2.71. The fourth-order valence-corrected chi connectivity index (χ4v) is 2.71. The Hall–Kier alpha value is -1.17. The van der Waals surface area contributed by atoms with Crippen LogP contribution in [0.5, 0.6) is 0 Å². The third-order valence-electron chi connectivity index (χ3n) is 3.55. The van der Waals surface area contributed by atoms with Gasteiger partial charge >= 0.3 is 0 Å². The first-order valence-corrected chi connectivity index (χ1v) is 6.78. The van der Waals surface area contributed by atoms with Gasteiger partial charge < -0.3 is 15.3 Å². The van der Waals surface area contributed by atoms with Crippen molar-refractivity contribution in [2.24, 2.45) is 0 Å². The molecule has 1 saturated heterocycles. The second-order valence-electron chi connectivity index (χ2n) is 5.53. The van der Waals surface area contributed by atoms with Crippen LogP contribution in [-0.2, 0) is 6.54 Å². The van der Waals surface area contributed by atoms with E-state index in [1.165, 1.54) is 5.56 Å². The minimum Gasteiger partial charge on any atom is -0.392 e. The maximum Gasteiger partial charge on any atom is 0.125 e. The van der Waals surface area contributed by atoms with Crippen LogP contribution in [0.3, 0.4) is 0 Å². The number of likely N-dealkylation sites (tertiary alicyclic amines) is 1. The molecule has 0 aliphatic carbocycles. The van der Waals surface area contributed by atoms with E-state index in [1.807, 2.05) is 19.3 Å². The highest BCUT2D eigenvalue weighted by Gasteiger charge is 2.30. The zero-order valence-corrected chi connectivity index (χ0v) is 12.0. The van der Waals surface area contributed by atoms with Crippen LogP contribution in [0.15, 0.2) is 18.3 Å². The smallest absolute Gasteiger partial charge is 0.125 e. The summed E-state index contributed by atoms with van der Waals surface area (Å²) in [5, 5.41) is 12.9. The highest BCUT2D eigenvalue weighted by molar-refractivity contribution is 5.36. The molecular weight excluding hydrogens is 240 g/mol. The molecule has 1 aliphatic heterocycles. The summed E-state index contributed by atoms with van der Waals surface area (Å²) in [5.74, 6) is 0.890. The Balaban J connectivity index is 2.03. The van der Waals surface area contributed by atoms with Gasteiger partial charge in [0.2, 0.25) is 0 Å². The van der Waals surface area contributed by atoms with Crippen LogP contribution >= 0.6 is 0 Å². The summed E-state index contributed by atoms with van der Waals surface area (Å²) in [6.45, 7) is 2.61. The van der Waals surface area contributed by atoms with Crippen molar-refractivity contribution in [2.75, 3.05) is 39.5 Å². The van der Waals surface area contributed by atoms with Crippen molar-refractivity contribution in [3.63, 3.8) is 0 Å². The molecule has 0 saturated carbocycles. The molecule has 0 bridgehead atoms. The van der Waals surface area contributed by atoms with Crippen LogP contribution < -0.4 is 5.32 Å². The van der Waals surface area contributed by atoms with Gasteiger partial charge in [-0.1, -0.05) is 0 Å². The molecule has 2 rings (SSSR count). The van der Waals surface area contributed by atoms with E-state index in [0.717, 1.165) is 31.9 Å². The number of anilines is 1. The second-order valence-corrected chi connectivity index (χ2v) is 5.53.